The number of hydrogen-bond acceptors (Lipinski definition) is 2. The fourth-order valence-electron chi connectivity index (χ4n) is 6.04. The van der Waals surface area contributed by atoms with Crippen LogP contribution in [-0.4, -0.2) is 17.7 Å². The Kier molecular flexibility index (Phi) is 9.43. The highest BCUT2D eigenvalue weighted by atomic mass is 35.5. The van der Waals surface area contributed by atoms with Crippen LogP contribution in [0.4, 0.5) is 0 Å². The van der Waals surface area contributed by atoms with E-state index in [1.807, 2.05) is 18.3 Å². The Morgan fingerprint density at radius 1 is 1.14 bits per heavy atom. The number of benzene rings is 1. The minimum atomic E-state index is 0.0527. The van der Waals surface area contributed by atoms with Gasteiger partial charge in [-0.3, -0.25) is 9.79 Å². The number of aryl methyl sites for hydroxylation is 2. The van der Waals surface area contributed by atoms with Gasteiger partial charge in [0.05, 0.1) is 5.71 Å². The molecule has 0 aromatic heterocycles. The Morgan fingerprint density at radius 2 is 1.97 bits per heavy atom. The van der Waals surface area contributed by atoms with Gasteiger partial charge in [-0.1, -0.05) is 61.2 Å². The summed E-state index contributed by atoms with van der Waals surface area (Å²) in [6, 6.07) is 6.45. The van der Waals surface area contributed by atoms with Gasteiger partial charge in [-0.05, 0) is 100.0 Å². The summed E-state index contributed by atoms with van der Waals surface area (Å²) in [6.45, 7) is 4.24. The van der Waals surface area contributed by atoms with Crippen molar-refractivity contribution in [3.63, 3.8) is 0 Å². The summed E-state index contributed by atoms with van der Waals surface area (Å²) in [7, 11) is 0. The van der Waals surface area contributed by atoms with Gasteiger partial charge in [0.1, 0.15) is 0 Å². The van der Waals surface area contributed by atoms with Crippen LogP contribution in [0.25, 0.3) is 0 Å². The van der Waals surface area contributed by atoms with Crippen molar-refractivity contribution in [1.82, 2.24) is 5.32 Å². The van der Waals surface area contributed by atoms with Crippen molar-refractivity contribution in [2.24, 2.45) is 16.8 Å². The quantitative estimate of drug-likeness (QED) is 0.391. The van der Waals surface area contributed by atoms with Crippen LogP contribution in [0.5, 0.6) is 0 Å². The van der Waals surface area contributed by atoms with Crippen molar-refractivity contribution >= 4 is 23.2 Å². The average Bonchev–Trinajstić information content (AvgIpc) is 2.82. The highest BCUT2D eigenvalue weighted by Gasteiger charge is 2.30. The zero-order valence-electron chi connectivity index (χ0n) is 21.5. The smallest absolute Gasteiger partial charge is 0.223 e. The number of aliphatic imine (C=N–C) groups is 1. The Hall–Kier alpha value is -2.13. The number of carbonyl (C=O) groups excluding carboxylic acids is 1. The third-order valence-electron chi connectivity index (χ3n) is 7.78. The Bertz CT molecular complexity index is 999. The van der Waals surface area contributed by atoms with E-state index in [1.165, 1.54) is 22.4 Å². The molecule has 188 valence electrons. The summed E-state index contributed by atoms with van der Waals surface area (Å²) in [6.07, 6.45) is 21.5. The monoisotopic (exact) mass is 492 g/mol. The Labute approximate surface area is 216 Å². The van der Waals surface area contributed by atoms with Crippen LogP contribution < -0.4 is 5.32 Å². The number of hydrogen-bond donors (Lipinski definition) is 1. The van der Waals surface area contributed by atoms with Crippen LogP contribution in [0.3, 0.4) is 0 Å². The van der Waals surface area contributed by atoms with Crippen LogP contribution in [0.1, 0.15) is 88.7 Å². The summed E-state index contributed by atoms with van der Waals surface area (Å²) in [5, 5.41) is 4.24. The van der Waals surface area contributed by atoms with Gasteiger partial charge in [0.2, 0.25) is 5.91 Å². The van der Waals surface area contributed by atoms with Gasteiger partial charge in [0.25, 0.3) is 0 Å². The summed E-state index contributed by atoms with van der Waals surface area (Å²) >= 11 is 6.26. The molecule has 3 aliphatic rings. The van der Waals surface area contributed by atoms with Gasteiger partial charge in [-0.25, -0.2) is 0 Å². The molecule has 1 aliphatic heterocycles. The van der Waals surface area contributed by atoms with E-state index in [2.05, 4.69) is 43.5 Å². The predicted octanol–water partition coefficient (Wildman–Crippen LogP) is 8.07. The van der Waals surface area contributed by atoms with Crippen molar-refractivity contribution in [1.29, 1.82) is 0 Å². The molecule has 4 heteroatoms. The molecule has 1 amide bonds. The second-order valence-electron chi connectivity index (χ2n) is 10.6. The Balaban J connectivity index is 1.40. The maximum atomic E-state index is 13.4. The van der Waals surface area contributed by atoms with E-state index in [1.54, 1.807) is 5.57 Å². The second-order valence-corrected chi connectivity index (χ2v) is 11.1. The number of amides is 1. The molecule has 1 heterocycles. The molecule has 2 aliphatic carbocycles. The average molecular weight is 493 g/mol. The fraction of sp³-hybridized carbons (Fsp3) is 0.548. The number of halogens is 1. The molecule has 4 rings (SSSR count). The van der Waals surface area contributed by atoms with E-state index in [0.717, 1.165) is 82.1 Å². The normalized spacial score (nSPS) is 24.1. The Morgan fingerprint density at radius 3 is 2.77 bits per heavy atom. The van der Waals surface area contributed by atoms with Crippen molar-refractivity contribution < 1.29 is 4.79 Å². The molecule has 35 heavy (non-hydrogen) atoms. The topological polar surface area (TPSA) is 41.5 Å². The SMILES string of the molecule is CCC[C@@H](CCc1cc(C)cc(Cl)c1)C(=O)N[C@@H]1CCCC(C2=N/C=C\CCC3=C2C=CCC3)C1. The minimum absolute atomic E-state index is 0.0527. The minimum Gasteiger partial charge on any atom is -0.353 e. The molecule has 1 saturated carbocycles. The maximum Gasteiger partial charge on any atom is 0.223 e. The number of nitrogens with zero attached hydrogens (tertiary/aromatic N) is 1. The van der Waals surface area contributed by atoms with Crippen molar-refractivity contribution in [2.45, 2.75) is 96.9 Å². The molecule has 0 bridgehead atoms. The van der Waals surface area contributed by atoms with Gasteiger partial charge in [0, 0.05) is 29.1 Å². The first-order valence-electron chi connectivity index (χ1n) is 13.7. The number of allylic oxidation sites excluding steroid dienone is 5. The molecular weight excluding hydrogens is 452 g/mol. The molecule has 0 saturated heterocycles. The number of nitrogens with one attached hydrogen (secondary N) is 1. The van der Waals surface area contributed by atoms with Gasteiger partial charge < -0.3 is 5.32 Å². The molecule has 1 N–H and O–H groups in total. The molecule has 0 radical (unpaired) electrons. The highest BCUT2D eigenvalue weighted by Crippen LogP contribution is 2.34. The number of rotatable bonds is 8. The molecule has 1 aromatic carbocycles. The molecule has 0 spiro atoms. The van der Waals surface area contributed by atoms with E-state index in [0.29, 0.717) is 5.92 Å². The van der Waals surface area contributed by atoms with Crippen LogP contribution in [-0.2, 0) is 11.2 Å². The predicted molar refractivity (Wildman–Crippen MR) is 148 cm³/mol. The van der Waals surface area contributed by atoms with Crippen LogP contribution >= 0.6 is 11.6 Å². The molecule has 1 aromatic rings. The van der Waals surface area contributed by atoms with Gasteiger partial charge >= 0.3 is 0 Å². The first-order chi connectivity index (χ1) is 17.0. The maximum absolute atomic E-state index is 13.4. The number of carbonyl (C=O) groups is 1. The largest absolute Gasteiger partial charge is 0.353 e. The summed E-state index contributed by atoms with van der Waals surface area (Å²) in [5.74, 6) is 0.703. The molecule has 3 nitrogen and oxygen atoms in total. The summed E-state index contributed by atoms with van der Waals surface area (Å²) in [4.78, 5) is 18.3. The van der Waals surface area contributed by atoms with Gasteiger partial charge in [-0.15, -0.1) is 0 Å². The van der Waals surface area contributed by atoms with Crippen molar-refractivity contribution in [3.05, 3.63) is 69.9 Å². The van der Waals surface area contributed by atoms with Crippen LogP contribution in [0.15, 0.2) is 58.8 Å². The van der Waals surface area contributed by atoms with E-state index < -0.39 is 0 Å². The summed E-state index contributed by atoms with van der Waals surface area (Å²) in [5.41, 5.74) is 6.61. The molecular formula is C31H41ClN2O. The molecule has 1 fully saturated rings. The first kappa shape index (κ1) is 25.9. The third-order valence-corrected chi connectivity index (χ3v) is 8.00. The van der Waals surface area contributed by atoms with Crippen molar-refractivity contribution in [2.75, 3.05) is 0 Å². The van der Waals surface area contributed by atoms with Crippen LogP contribution in [0, 0.1) is 18.8 Å². The van der Waals surface area contributed by atoms with E-state index in [9.17, 15) is 4.79 Å². The van der Waals surface area contributed by atoms with E-state index >= 15 is 0 Å². The lowest BCUT2D eigenvalue weighted by Gasteiger charge is -2.33. The summed E-state index contributed by atoms with van der Waals surface area (Å²) < 4.78 is 0. The second kappa shape index (κ2) is 12.7. The van der Waals surface area contributed by atoms with Gasteiger partial charge in [-0.2, -0.15) is 0 Å². The lowest BCUT2D eigenvalue weighted by atomic mass is 9.77. The lowest BCUT2D eigenvalue weighted by Crippen LogP contribution is -2.43. The lowest BCUT2D eigenvalue weighted by molar-refractivity contribution is -0.126. The molecule has 3 atom stereocenters. The molecule has 1 unspecified atom stereocenters. The third kappa shape index (κ3) is 7.19. The van der Waals surface area contributed by atoms with E-state index in [4.69, 9.17) is 16.6 Å². The van der Waals surface area contributed by atoms with Gasteiger partial charge in [0.15, 0.2) is 0 Å². The standard InChI is InChI=1S/C31H41ClN2O/c1-3-9-25(16-15-23-18-22(2)19-27(32)20-23)31(35)34-28-13-8-12-26(21-28)30-29-14-5-4-10-24(29)11-6-7-17-33-30/h5,7,14,17-20,25-26,28H,3-4,6,8-13,15-16,21H2,1-2H3,(H,34,35)/b17-7-,33-30?/t25-,26?,28+/m0/s1. The zero-order chi connectivity index (χ0) is 24.6. The highest BCUT2D eigenvalue weighted by molar-refractivity contribution is 6.30. The van der Waals surface area contributed by atoms with E-state index in [-0.39, 0.29) is 17.9 Å². The first-order valence-corrected chi connectivity index (χ1v) is 14.1. The zero-order valence-corrected chi connectivity index (χ0v) is 22.2. The van der Waals surface area contributed by atoms with Crippen LogP contribution in [0.2, 0.25) is 5.02 Å². The fourth-order valence-corrected chi connectivity index (χ4v) is 6.35. The van der Waals surface area contributed by atoms with Crippen molar-refractivity contribution in [3.8, 4) is 0 Å².